The van der Waals surface area contributed by atoms with Gasteiger partial charge < -0.3 is 10.2 Å². The fourth-order valence-electron chi connectivity index (χ4n) is 1.92. The van der Waals surface area contributed by atoms with Crippen LogP contribution in [0.2, 0.25) is 0 Å². The van der Waals surface area contributed by atoms with Gasteiger partial charge in [-0.15, -0.1) is 0 Å². The van der Waals surface area contributed by atoms with Gasteiger partial charge in [-0.3, -0.25) is 4.68 Å². The molecule has 2 rings (SSSR count). The van der Waals surface area contributed by atoms with Gasteiger partial charge in [-0.2, -0.15) is 0 Å². The summed E-state index contributed by atoms with van der Waals surface area (Å²) in [5, 5.41) is 0. The number of nitrogens with one attached hydrogen (secondary N) is 1. The Kier molecular flexibility index (Phi) is 2.77. The molecular formula is C11H18N2O. The van der Waals surface area contributed by atoms with E-state index in [0.29, 0.717) is 6.10 Å². The lowest BCUT2D eigenvalue weighted by Gasteiger charge is -2.15. The number of aryl methyl sites for hydroxylation is 2. The third-order valence-corrected chi connectivity index (χ3v) is 2.77. The van der Waals surface area contributed by atoms with E-state index < -0.39 is 0 Å². The predicted molar refractivity (Wildman–Crippen MR) is 57.1 cm³/mol. The lowest BCUT2D eigenvalue weighted by atomic mass is 10.2. The Morgan fingerprint density at radius 3 is 2.71 bits per heavy atom. The zero-order valence-electron chi connectivity index (χ0n) is 8.92. The number of nitrogens with zero attached hydrogens (tertiary/aromatic N) is 1. The Morgan fingerprint density at radius 1 is 1.43 bits per heavy atom. The molecule has 1 atom stereocenters. The van der Waals surface area contributed by atoms with Gasteiger partial charge in [0, 0.05) is 18.0 Å². The number of ether oxygens (including phenoxy) is 1. The van der Waals surface area contributed by atoms with Crippen molar-refractivity contribution in [1.82, 2.24) is 4.68 Å². The lowest BCUT2D eigenvalue weighted by Crippen LogP contribution is -2.26. The highest BCUT2D eigenvalue weighted by atomic mass is 16.5. The molecule has 1 aromatic heterocycles. The van der Waals surface area contributed by atoms with Crippen LogP contribution in [-0.2, 0) is 4.74 Å². The molecule has 1 aliphatic rings. The summed E-state index contributed by atoms with van der Waals surface area (Å²) in [6, 6.07) is 4.25. The van der Waals surface area contributed by atoms with Gasteiger partial charge >= 0.3 is 0 Å². The van der Waals surface area contributed by atoms with Crippen LogP contribution in [0.3, 0.4) is 0 Å². The highest BCUT2D eigenvalue weighted by Crippen LogP contribution is 2.12. The summed E-state index contributed by atoms with van der Waals surface area (Å²) in [5.74, 6) is 0. The predicted octanol–water partition coefficient (Wildman–Crippen LogP) is 1.83. The standard InChI is InChI=1S/C11H18N2O/c1-9-5-6-10(2)13(9)12-8-11-4-3-7-14-11/h5-6,11-12H,3-4,7-8H2,1-2H3. The van der Waals surface area contributed by atoms with Crippen LogP contribution in [0, 0.1) is 13.8 Å². The highest BCUT2D eigenvalue weighted by molar-refractivity contribution is 5.15. The van der Waals surface area contributed by atoms with Gasteiger partial charge in [0.05, 0.1) is 12.6 Å². The van der Waals surface area contributed by atoms with E-state index >= 15 is 0 Å². The summed E-state index contributed by atoms with van der Waals surface area (Å²) in [6.07, 6.45) is 2.79. The van der Waals surface area contributed by atoms with Crippen molar-refractivity contribution in [1.29, 1.82) is 0 Å². The molecule has 2 heterocycles. The minimum absolute atomic E-state index is 0.399. The molecule has 0 amide bonds. The van der Waals surface area contributed by atoms with E-state index in [4.69, 9.17) is 4.74 Å². The van der Waals surface area contributed by atoms with Crippen LogP contribution >= 0.6 is 0 Å². The smallest absolute Gasteiger partial charge is 0.0764 e. The van der Waals surface area contributed by atoms with Crippen LogP contribution in [0.4, 0.5) is 0 Å². The van der Waals surface area contributed by atoms with Crippen LogP contribution in [0.25, 0.3) is 0 Å². The average molecular weight is 194 g/mol. The third-order valence-electron chi connectivity index (χ3n) is 2.77. The molecular weight excluding hydrogens is 176 g/mol. The second kappa shape index (κ2) is 4.05. The first-order valence-corrected chi connectivity index (χ1v) is 5.28. The molecule has 1 fully saturated rings. The summed E-state index contributed by atoms with van der Waals surface area (Å²) in [7, 11) is 0. The molecule has 1 saturated heterocycles. The van der Waals surface area contributed by atoms with Crippen molar-refractivity contribution in [3.05, 3.63) is 23.5 Å². The summed E-state index contributed by atoms with van der Waals surface area (Å²) >= 11 is 0. The molecule has 0 bridgehead atoms. The molecule has 1 unspecified atom stereocenters. The van der Waals surface area contributed by atoms with Gasteiger partial charge in [-0.05, 0) is 38.8 Å². The second-order valence-electron chi connectivity index (χ2n) is 3.95. The van der Waals surface area contributed by atoms with Gasteiger partial charge in [0.2, 0.25) is 0 Å². The van der Waals surface area contributed by atoms with E-state index in [1.807, 2.05) is 0 Å². The number of hydrogen-bond acceptors (Lipinski definition) is 2. The Hall–Kier alpha value is -0.960. The first-order chi connectivity index (χ1) is 6.77. The molecule has 0 saturated carbocycles. The molecule has 0 aliphatic carbocycles. The molecule has 1 aliphatic heterocycles. The van der Waals surface area contributed by atoms with Crippen molar-refractivity contribution in [3.63, 3.8) is 0 Å². The van der Waals surface area contributed by atoms with Crippen LogP contribution in [0.15, 0.2) is 12.1 Å². The molecule has 14 heavy (non-hydrogen) atoms. The summed E-state index contributed by atoms with van der Waals surface area (Å²) in [5.41, 5.74) is 5.90. The second-order valence-corrected chi connectivity index (χ2v) is 3.95. The third kappa shape index (κ3) is 1.93. The average Bonchev–Trinajstić information content (AvgIpc) is 2.76. The molecule has 0 spiro atoms. The maximum atomic E-state index is 5.56. The Bertz CT molecular complexity index is 281. The summed E-state index contributed by atoms with van der Waals surface area (Å²) < 4.78 is 7.68. The lowest BCUT2D eigenvalue weighted by molar-refractivity contribution is 0.118. The van der Waals surface area contributed by atoms with E-state index in [1.165, 1.54) is 24.2 Å². The quantitative estimate of drug-likeness (QED) is 0.794. The topological polar surface area (TPSA) is 26.2 Å². The maximum absolute atomic E-state index is 5.56. The fourth-order valence-corrected chi connectivity index (χ4v) is 1.92. The van der Waals surface area contributed by atoms with Crippen LogP contribution < -0.4 is 5.43 Å². The minimum atomic E-state index is 0.399. The van der Waals surface area contributed by atoms with Crippen LogP contribution in [0.1, 0.15) is 24.2 Å². The molecule has 0 aromatic carbocycles. The van der Waals surface area contributed by atoms with E-state index in [2.05, 4.69) is 36.1 Å². The largest absolute Gasteiger partial charge is 0.376 e. The Morgan fingerprint density at radius 2 is 2.14 bits per heavy atom. The molecule has 3 heteroatoms. The first-order valence-electron chi connectivity index (χ1n) is 5.28. The van der Waals surface area contributed by atoms with E-state index in [1.54, 1.807) is 0 Å². The fraction of sp³-hybridized carbons (Fsp3) is 0.636. The zero-order valence-corrected chi connectivity index (χ0v) is 8.92. The number of hydrogen-bond donors (Lipinski definition) is 1. The normalized spacial score (nSPS) is 21.4. The van der Waals surface area contributed by atoms with Gasteiger partial charge in [-0.1, -0.05) is 0 Å². The number of aromatic nitrogens is 1. The summed E-state index contributed by atoms with van der Waals surface area (Å²) in [4.78, 5) is 0. The van der Waals surface area contributed by atoms with Gasteiger partial charge in [0.1, 0.15) is 0 Å². The molecule has 1 aromatic rings. The van der Waals surface area contributed by atoms with Crippen molar-refractivity contribution >= 4 is 0 Å². The minimum Gasteiger partial charge on any atom is -0.376 e. The molecule has 0 radical (unpaired) electrons. The first kappa shape index (κ1) is 9.59. The van der Waals surface area contributed by atoms with E-state index in [-0.39, 0.29) is 0 Å². The Labute approximate surface area is 85.0 Å². The molecule has 1 N–H and O–H groups in total. The van der Waals surface area contributed by atoms with Crippen molar-refractivity contribution < 1.29 is 4.74 Å². The van der Waals surface area contributed by atoms with Gasteiger partial charge in [-0.25, -0.2) is 0 Å². The van der Waals surface area contributed by atoms with E-state index in [0.717, 1.165) is 13.2 Å². The van der Waals surface area contributed by atoms with Gasteiger partial charge in [0.15, 0.2) is 0 Å². The van der Waals surface area contributed by atoms with Crippen molar-refractivity contribution in [2.24, 2.45) is 0 Å². The maximum Gasteiger partial charge on any atom is 0.0764 e. The highest BCUT2D eigenvalue weighted by Gasteiger charge is 2.15. The van der Waals surface area contributed by atoms with Crippen LogP contribution in [0.5, 0.6) is 0 Å². The van der Waals surface area contributed by atoms with Crippen molar-refractivity contribution in [3.8, 4) is 0 Å². The monoisotopic (exact) mass is 194 g/mol. The van der Waals surface area contributed by atoms with Crippen molar-refractivity contribution in [2.45, 2.75) is 32.8 Å². The summed E-state index contributed by atoms with van der Waals surface area (Å²) in [6.45, 7) is 6.05. The van der Waals surface area contributed by atoms with Gasteiger partial charge in [0.25, 0.3) is 0 Å². The van der Waals surface area contributed by atoms with Crippen molar-refractivity contribution in [2.75, 3.05) is 18.6 Å². The SMILES string of the molecule is Cc1ccc(C)n1NCC1CCCO1. The molecule has 3 nitrogen and oxygen atoms in total. The van der Waals surface area contributed by atoms with E-state index in [9.17, 15) is 0 Å². The van der Waals surface area contributed by atoms with Crippen LogP contribution in [-0.4, -0.2) is 23.9 Å². The number of rotatable bonds is 3. The Balaban J connectivity index is 1.90. The zero-order chi connectivity index (χ0) is 9.97. The molecule has 78 valence electrons.